The molecule has 172 valence electrons. The van der Waals surface area contributed by atoms with Crippen LogP contribution >= 0.6 is 0 Å². The van der Waals surface area contributed by atoms with Gasteiger partial charge in [0.25, 0.3) is 0 Å². The molecule has 1 unspecified atom stereocenters. The van der Waals surface area contributed by atoms with Crippen LogP contribution in [0.3, 0.4) is 0 Å². The Hall–Kier alpha value is -2.86. The van der Waals surface area contributed by atoms with Crippen molar-refractivity contribution in [3.05, 3.63) is 47.5 Å². The van der Waals surface area contributed by atoms with Crippen LogP contribution in [0.1, 0.15) is 57.1 Å². The lowest BCUT2D eigenvalue weighted by Gasteiger charge is -2.21. The van der Waals surface area contributed by atoms with E-state index in [0.717, 1.165) is 55.1 Å². The van der Waals surface area contributed by atoms with Gasteiger partial charge in [0.05, 0.1) is 19.9 Å². The van der Waals surface area contributed by atoms with Gasteiger partial charge in [0.15, 0.2) is 11.5 Å². The first-order valence-electron chi connectivity index (χ1n) is 11.5. The lowest BCUT2D eigenvalue weighted by molar-refractivity contribution is -0.115. The monoisotopic (exact) mass is 437 g/mol. The minimum absolute atomic E-state index is 0.0673. The molecule has 6 nitrogen and oxygen atoms in total. The number of aliphatic imine (C=N–C) groups is 1. The summed E-state index contributed by atoms with van der Waals surface area (Å²) in [6.07, 6.45) is 2.99. The Morgan fingerprint density at radius 1 is 1.00 bits per heavy atom. The fourth-order valence-corrected chi connectivity index (χ4v) is 4.27. The van der Waals surface area contributed by atoms with E-state index in [0.29, 0.717) is 17.9 Å². The molecule has 1 heterocycles. The summed E-state index contributed by atoms with van der Waals surface area (Å²) in [5.41, 5.74) is 4.61. The quantitative estimate of drug-likeness (QED) is 0.469. The molecule has 0 fully saturated rings. The zero-order chi connectivity index (χ0) is 23.1. The number of ether oxygens (including phenoxy) is 2. The van der Waals surface area contributed by atoms with Crippen molar-refractivity contribution in [2.75, 3.05) is 32.6 Å². The molecule has 2 aromatic rings. The molecule has 2 aromatic carbocycles. The van der Waals surface area contributed by atoms with Crippen LogP contribution in [0.2, 0.25) is 0 Å². The molecule has 3 rings (SSSR count). The number of amides is 1. The molecule has 0 radical (unpaired) electrons. The number of rotatable bonds is 11. The second-order valence-electron chi connectivity index (χ2n) is 8.12. The summed E-state index contributed by atoms with van der Waals surface area (Å²) < 4.78 is 10.8. The summed E-state index contributed by atoms with van der Waals surface area (Å²) in [4.78, 5) is 20.2. The third-order valence-corrected chi connectivity index (χ3v) is 5.78. The minimum Gasteiger partial charge on any atom is -0.493 e. The first-order valence-corrected chi connectivity index (χ1v) is 11.5. The predicted molar refractivity (Wildman–Crippen MR) is 131 cm³/mol. The Bertz CT molecular complexity index is 948. The lowest BCUT2D eigenvalue weighted by atomic mass is 9.93. The number of anilines is 1. The highest BCUT2D eigenvalue weighted by Gasteiger charge is 2.35. The zero-order valence-electron chi connectivity index (χ0n) is 19.9. The van der Waals surface area contributed by atoms with Crippen LogP contribution in [-0.4, -0.2) is 43.8 Å². The van der Waals surface area contributed by atoms with Gasteiger partial charge in [-0.05, 0) is 61.7 Å². The number of benzene rings is 2. The van der Waals surface area contributed by atoms with E-state index >= 15 is 0 Å². The van der Waals surface area contributed by atoms with Crippen LogP contribution in [0, 0.1) is 0 Å². The molecule has 1 amide bonds. The van der Waals surface area contributed by atoms with Crippen LogP contribution in [0.5, 0.6) is 11.5 Å². The highest BCUT2D eigenvalue weighted by Crippen LogP contribution is 2.42. The van der Waals surface area contributed by atoms with Gasteiger partial charge in [-0.25, -0.2) is 0 Å². The molecule has 1 aliphatic rings. The Labute approximate surface area is 191 Å². The SMILES string of the molecule is CCCN(CCC)Cc1ccc(N=C(CC)C2C(=O)Nc3cc(OC)c(OC)cc32)cc1. The number of nitrogens with zero attached hydrogens (tertiary/aromatic N) is 2. The van der Waals surface area contributed by atoms with Crippen molar-refractivity contribution >= 4 is 23.0 Å². The first kappa shape index (κ1) is 23.8. The molecule has 0 bridgehead atoms. The van der Waals surface area contributed by atoms with Crippen molar-refractivity contribution in [1.29, 1.82) is 0 Å². The Morgan fingerprint density at radius 2 is 1.62 bits per heavy atom. The second-order valence-corrected chi connectivity index (χ2v) is 8.12. The van der Waals surface area contributed by atoms with Crippen LogP contribution in [-0.2, 0) is 11.3 Å². The largest absolute Gasteiger partial charge is 0.493 e. The topological polar surface area (TPSA) is 63.2 Å². The van der Waals surface area contributed by atoms with Gasteiger partial charge >= 0.3 is 0 Å². The Balaban J connectivity index is 1.85. The maximum atomic E-state index is 12.8. The fraction of sp³-hybridized carbons (Fsp3) is 0.462. The number of methoxy groups -OCH3 is 2. The van der Waals surface area contributed by atoms with Gasteiger partial charge in [0.1, 0.15) is 5.92 Å². The summed E-state index contributed by atoms with van der Waals surface area (Å²) in [7, 11) is 3.19. The number of carbonyl (C=O) groups excluding carboxylic acids is 1. The van der Waals surface area contributed by atoms with Crippen LogP contribution < -0.4 is 14.8 Å². The van der Waals surface area contributed by atoms with E-state index < -0.39 is 5.92 Å². The number of hydrogen-bond donors (Lipinski definition) is 1. The molecule has 32 heavy (non-hydrogen) atoms. The molecule has 6 heteroatoms. The van der Waals surface area contributed by atoms with E-state index in [1.807, 2.05) is 31.2 Å². The molecular weight excluding hydrogens is 402 g/mol. The van der Waals surface area contributed by atoms with Gasteiger partial charge in [-0.2, -0.15) is 0 Å². The summed E-state index contributed by atoms with van der Waals surface area (Å²) in [5, 5.41) is 2.97. The van der Waals surface area contributed by atoms with E-state index in [9.17, 15) is 4.79 Å². The maximum absolute atomic E-state index is 12.8. The normalized spacial score (nSPS) is 15.6. The highest BCUT2D eigenvalue weighted by atomic mass is 16.5. The third kappa shape index (κ3) is 5.30. The zero-order valence-corrected chi connectivity index (χ0v) is 19.9. The van der Waals surface area contributed by atoms with Crippen LogP contribution in [0.25, 0.3) is 0 Å². The van der Waals surface area contributed by atoms with Gasteiger partial charge in [-0.15, -0.1) is 0 Å². The van der Waals surface area contributed by atoms with Crippen molar-refractivity contribution in [1.82, 2.24) is 4.90 Å². The Morgan fingerprint density at radius 3 is 2.19 bits per heavy atom. The molecule has 0 aromatic heterocycles. The maximum Gasteiger partial charge on any atom is 0.237 e. The number of hydrogen-bond acceptors (Lipinski definition) is 5. The molecule has 0 aliphatic carbocycles. The second kappa shape index (κ2) is 11.1. The van der Waals surface area contributed by atoms with E-state index in [1.54, 1.807) is 14.2 Å². The lowest BCUT2D eigenvalue weighted by Crippen LogP contribution is -2.24. The Kier molecular flexibility index (Phi) is 8.28. The number of fused-ring (bicyclic) bond motifs is 1. The van der Waals surface area contributed by atoms with E-state index in [1.165, 1.54) is 5.56 Å². The molecule has 1 aliphatic heterocycles. The van der Waals surface area contributed by atoms with Gasteiger partial charge in [-0.3, -0.25) is 14.7 Å². The van der Waals surface area contributed by atoms with Crippen LogP contribution in [0.15, 0.2) is 41.4 Å². The average molecular weight is 438 g/mol. The average Bonchev–Trinajstić information content (AvgIpc) is 3.12. The molecule has 0 saturated heterocycles. The first-order chi connectivity index (χ1) is 15.5. The minimum atomic E-state index is -0.431. The van der Waals surface area contributed by atoms with Crippen molar-refractivity contribution in [2.45, 2.75) is 52.5 Å². The van der Waals surface area contributed by atoms with Gasteiger partial charge < -0.3 is 14.8 Å². The molecule has 0 saturated carbocycles. The molecular formula is C26H35N3O3. The van der Waals surface area contributed by atoms with Gasteiger partial charge in [0.2, 0.25) is 5.91 Å². The van der Waals surface area contributed by atoms with Crippen molar-refractivity contribution in [3.8, 4) is 11.5 Å². The van der Waals surface area contributed by atoms with E-state index in [4.69, 9.17) is 14.5 Å². The van der Waals surface area contributed by atoms with Gasteiger partial charge in [-0.1, -0.05) is 32.9 Å². The molecule has 1 atom stereocenters. The third-order valence-electron chi connectivity index (χ3n) is 5.78. The van der Waals surface area contributed by atoms with Crippen LogP contribution in [0.4, 0.5) is 11.4 Å². The van der Waals surface area contributed by atoms with Gasteiger partial charge in [0, 0.05) is 24.0 Å². The summed E-state index contributed by atoms with van der Waals surface area (Å²) in [6.45, 7) is 9.64. The fourth-order valence-electron chi connectivity index (χ4n) is 4.27. The van der Waals surface area contributed by atoms with E-state index in [-0.39, 0.29) is 5.91 Å². The summed E-state index contributed by atoms with van der Waals surface area (Å²) in [5.74, 6) is 0.704. The molecule has 0 spiro atoms. The van der Waals surface area contributed by atoms with Crippen molar-refractivity contribution in [3.63, 3.8) is 0 Å². The summed E-state index contributed by atoms with van der Waals surface area (Å²) in [6, 6.07) is 12.1. The number of nitrogens with one attached hydrogen (secondary N) is 1. The predicted octanol–water partition coefficient (Wildman–Crippen LogP) is 5.54. The van der Waals surface area contributed by atoms with Crippen molar-refractivity contribution in [2.24, 2.45) is 4.99 Å². The molecule has 1 N–H and O–H groups in total. The standard InChI is InChI=1S/C26H35N3O3/c1-6-13-29(14-7-2)17-18-9-11-19(12-10-18)27-21(8-3)25-20-15-23(31-4)24(32-5)16-22(20)28-26(25)30/h9-12,15-16,25H,6-8,13-14,17H2,1-5H3,(H,28,30). The van der Waals surface area contributed by atoms with Crippen molar-refractivity contribution < 1.29 is 14.3 Å². The smallest absolute Gasteiger partial charge is 0.237 e. The van der Waals surface area contributed by atoms with E-state index in [2.05, 4.69) is 36.2 Å². The summed E-state index contributed by atoms with van der Waals surface area (Å²) >= 11 is 0. The number of carbonyl (C=O) groups is 1. The highest BCUT2D eigenvalue weighted by molar-refractivity contribution is 6.19.